The maximum absolute atomic E-state index is 13.4. The summed E-state index contributed by atoms with van der Waals surface area (Å²) in [7, 11) is 0. The van der Waals surface area contributed by atoms with Crippen LogP contribution in [0.3, 0.4) is 0 Å². The van der Waals surface area contributed by atoms with Crippen molar-refractivity contribution in [2.24, 2.45) is 17.8 Å². The summed E-state index contributed by atoms with van der Waals surface area (Å²) < 4.78 is 13.3. The lowest BCUT2D eigenvalue weighted by molar-refractivity contribution is -0.132. The zero-order valence-corrected chi connectivity index (χ0v) is 20.7. The number of imide groups is 1. The Balaban J connectivity index is 1.36. The number of carbonyl (C=O) groups excluding carboxylic acids is 3. The fourth-order valence-electron chi connectivity index (χ4n) is 5.02. The van der Waals surface area contributed by atoms with Crippen molar-refractivity contribution >= 4 is 29.6 Å². The van der Waals surface area contributed by atoms with Crippen molar-refractivity contribution in [2.45, 2.75) is 63.8 Å². The normalized spacial score (nSPS) is 26.8. The Labute approximate surface area is 205 Å². The van der Waals surface area contributed by atoms with E-state index in [1.807, 2.05) is 11.5 Å². The van der Waals surface area contributed by atoms with E-state index in [0.29, 0.717) is 25.6 Å². The standard InChI is InChI=1S/C26H34FN3O3S/c1-17(2)11-13-28-24(31)20-7-3-18(4-8-20)16-30-25(32)23-22(12-14-34-23)29(26(30)33)15-19-5-9-21(27)10-6-19/h5-6,9-10,12,14,17-18,20,22-23H,3-4,7-8,11,13,15-16H2,1-2H3,(H,28,31). The van der Waals surface area contributed by atoms with Crippen LogP contribution in [0.5, 0.6) is 0 Å². The molecule has 8 heteroatoms. The number of thioether (sulfide) groups is 1. The summed E-state index contributed by atoms with van der Waals surface area (Å²) in [5.74, 6) is 0.469. The van der Waals surface area contributed by atoms with Crippen molar-refractivity contribution < 1.29 is 18.8 Å². The van der Waals surface area contributed by atoms with Crippen LogP contribution in [0.1, 0.15) is 51.5 Å². The second-order valence-electron chi connectivity index (χ2n) is 10.1. The summed E-state index contributed by atoms with van der Waals surface area (Å²) in [5.41, 5.74) is 0.831. The molecule has 0 spiro atoms. The monoisotopic (exact) mass is 487 g/mol. The first-order valence-electron chi connectivity index (χ1n) is 12.3. The van der Waals surface area contributed by atoms with E-state index < -0.39 is 0 Å². The number of rotatable bonds is 8. The van der Waals surface area contributed by atoms with E-state index in [4.69, 9.17) is 0 Å². The third-order valence-corrected chi connectivity index (χ3v) is 8.19. The Hall–Kier alpha value is -2.35. The van der Waals surface area contributed by atoms with Crippen molar-refractivity contribution in [3.05, 3.63) is 47.1 Å². The van der Waals surface area contributed by atoms with Gasteiger partial charge in [-0.3, -0.25) is 14.5 Å². The quantitative estimate of drug-likeness (QED) is 0.584. The number of nitrogens with one attached hydrogen (secondary N) is 1. The predicted octanol–water partition coefficient (Wildman–Crippen LogP) is 4.56. The fraction of sp³-hybridized carbons (Fsp3) is 0.577. The van der Waals surface area contributed by atoms with Crippen LogP contribution in [0.4, 0.5) is 9.18 Å². The topological polar surface area (TPSA) is 69.7 Å². The largest absolute Gasteiger partial charge is 0.356 e. The van der Waals surface area contributed by atoms with Gasteiger partial charge in [0.15, 0.2) is 0 Å². The molecule has 1 aromatic carbocycles. The molecule has 4 rings (SSSR count). The molecule has 2 heterocycles. The second kappa shape index (κ2) is 10.9. The summed E-state index contributed by atoms with van der Waals surface area (Å²) in [6.45, 7) is 5.72. The second-order valence-corrected chi connectivity index (χ2v) is 11.1. The number of nitrogens with zero attached hydrogens (tertiary/aromatic N) is 2. The van der Waals surface area contributed by atoms with Gasteiger partial charge in [-0.05, 0) is 67.0 Å². The van der Waals surface area contributed by atoms with Crippen LogP contribution >= 0.6 is 11.8 Å². The smallest absolute Gasteiger partial charge is 0.327 e. The van der Waals surface area contributed by atoms with Gasteiger partial charge in [0.05, 0.1) is 6.04 Å². The minimum absolute atomic E-state index is 0.0186. The summed E-state index contributed by atoms with van der Waals surface area (Å²) in [6.07, 6.45) is 6.12. The number of hydrogen-bond donors (Lipinski definition) is 1. The van der Waals surface area contributed by atoms with Crippen molar-refractivity contribution in [3.8, 4) is 0 Å². The van der Waals surface area contributed by atoms with Crippen LogP contribution in [-0.4, -0.2) is 52.0 Å². The Morgan fingerprint density at radius 3 is 2.53 bits per heavy atom. The Morgan fingerprint density at radius 1 is 1.15 bits per heavy atom. The highest BCUT2D eigenvalue weighted by Crippen LogP contribution is 2.37. The summed E-state index contributed by atoms with van der Waals surface area (Å²) in [6, 6.07) is 5.57. The lowest BCUT2D eigenvalue weighted by atomic mass is 9.81. The number of amides is 4. The molecule has 0 bridgehead atoms. The highest BCUT2D eigenvalue weighted by molar-refractivity contribution is 8.03. The molecule has 1 saturated heterocycles. The van der Waals surface area contributed by atoms with Crippen LogP contribution < -0.4 is 5.32 Å². The molecule has 184 valence electrons. The van der Waals surface area contributed by atoms with E-state index in [1.54, 1.807) is 17.0 Å². The first-order valence-corrected chi connectivity index (χ1v) is 13.2. The molecule has 1 aromatic rings. The van der Waals surface area contributed by atoms with E-state index in [2.05, 4.69) is 19.2 Å². The van der Waals surface area contributed by atoms with Crippen molar-refractivity contribution in [1.29, 1.82) is 0 Å². The molecule has 2 unspecified atom stereocenters. The van der Waals surface area contributed by atoms with E-state index in [9.17, 15) is 18.8 Å². The Morgan fingerprint density at radius 2 is 1.85 bits per heavy atom. The molecule has 3 aliphatic rings. The molecule has 2 fully saturated rings. The average molecular weight is 488 g/mol. The molecule has 2 aliphatic heterocycles. The highest BCUT2D eigenvalue weighted by Gasteiger charge is 2.47. The third-order valence-electron chi connectivity index (χ3n) is 7.10. The number of urea groups is 1. The average Bonchev–Trinajstić information content (AvgIpc) is 3.31. The summed E-state index contributed by atoms with van der Waals surface area (Å²) >= 11 is 1.45. The van der Waals surface area contributed by atoms with Gasteiger partial charge in [-0.15, -0.1) is 11.8 Å². The van der Waals surface area contributed by atoms with Crippen LogP contribution in [0.2, 0.25) is 0 Å². The minimum Gasteiger partial charge on any atom is -0.356 e. The van der Waals surface area contributed by atoms with Gasteiger partial charge in [0, 0.05) is 25.6 Å². The van der Waals surface area contributed by atoms with Gasteiger partial charge >= 0.3 is 6.03 Å². The van der Waals surface area contributed by atoms with Gasteiger partial charge in [0.1, 0.15) is 11.1 Å². The van der Waals surface area contributed by atoms with Gasteiger partial charge in [0.25, 0.3) is 0 Å². The van der Waals surface area contributed by atoms with E-state index >= 15 is 0 Å². The van der Waals surface area contributed by atoms with Gasteiger partial charge in [-0.25, -0.2) is 9.18 Å². The molecule has 1 saturated carbocycles. The van der Waals surface area contributed by atoms with E-state index in [-0.39, 0.29) is 46.8 Å². The Bertz CT molecular complexity index is 928. The first kappa shape index (κ1) is 24.8. The van der Waals surface area contributed by atoms with Crippen molar-refractivity contribution in [3.63, 3.8) is 0 Å². The zero-order chi connectivity index (χ0) is 24.2. The summed E-state index contributed by atoms with van der Waals surface area (Å²) in [4.78, 5) is 42.2. The van der Waals surface area contributed by atoms with Crippen molar-refractivity contribution in [2.75, 3.05) is 13.1 Å². The molecular weight excluding hydrogens is 453 g/mol. The lowest BCUT2D eigenvalue weighted by Gasteiger charge is -2.43. The molecule has 0 radical (unpaired) electrons. The van der Waals surface area contributed by atoms with Crippen molar-refractivity contribution in [1.82, 2.24) is 15.1 Å². The molecule has 0 aromatic heterocycles. The van der Waals surface area contributed by atoms with Crippen LogP contribution in [0.25, 0.3) is 0 Å². The van der Waals surface area contributed by atoms with Gasteiger partial charge in [0.2, 0.25) is 11.8 Å². The van der Waals surface area contributed by atoms with Gasteiger partial charge in [-0.1, -0.05) is 32.1 Å². The fourth-order valence-corrected chi connectivity index (χ4v) is 6.08. The third kappa shape index (κ3) is 5.65. The lowest BCUT2D eigenvalue weighted by Crippen LogP contribution is -2.62. The number of fused-ring (bicyclic) bond motifs is 1. The predicted molar refractivity (Wildman–Crippen MR) is 131 cm³/mol. The van der Waals surface area contributed by atoms with Crippen LogP contribution in [0, 0.1) is 23.6 Å². The minimum atomic E-state index is -0.332. The number of carbonyl (C=O) groups is 3. The number of hydrogen-bond acceptors (Lipinski definition) is 4. The first-order chi connectivity index (χ1) is 16.3. The van der Waals surface area contributed by atoms with Gasteiger partial charge < -0.3 is 10.2 Å². The molecular formula is C26H34FN3O3S. The number of benzene rings is 1. The molecule has 4 amide bonds. The molecule has 1 N–H and O–H groups in total. The SMILES string of the molecule is CC(C)CCNC(=O)C1CCC(CN2C(=O)C3SC=CC3N(Cc3ccc(F)cc3)C2=O)CC1. The maximum atomic E-state index is 13.4. The highest BCUT2D eigenvalue weighted by atomic mass is 32.2. The number of halogens is 1. The van der Waals surface area contributed by atoms with E-state index in [0.717, 1.165) is 37.7 Å². The molecule has 1 aliphatic carbocycles. The molecule has 34 heavy (non-hydrogen) atoms. The van der Waals surface area contributed by atoms with Gasteiger partial charge in [-0.2, -0.15) is 0 Å². The molecule has 2 atom stereocenters. The van der Waals surface area contributed by atoms with Crippen LogP contribution in [0.15, 0.2) is 35.7 Å². The summed E-state index contributed by atoms with van der Waals surface area (Å²) in [5, 5.41) is 4.62. The van der Waals surface area contributed by atoms with Crippen LogP contribution in [-0.2, 0) is 16.1 Å². The van der Waals surface area contributed by atoms with E-state index in [1.165, 1.54) is 28.8 Å². The molecule has 6 nitrogen and oxygen atoms in total. The maximum Gasteiger partial charge on any atom is 0.327 e. The zero-order valence-electron chi connectivity index (χ0n) is 19.9. The Kier molecular flexibility index (Phi) is 7.96.